The molecule has 0 fully saturated rings. The van der Waals surface area contributed by atoms with Crippen LogP contribution in [0.25, 0.3) is 0 Å². The highest BCUT2D eigenvalue weighted by Crippen LogP contribution is 2.38. The van der Waals surface area contributed by atoms with Crippen molar-refractivity contribution in [1.82, 2.24) is 0 Å². The molecule has 0 aliphatic rings. The minimum absolute atomic E-state index is 0.235. The fourth-order valence-corrected chi connectivity index (χ4v) is 2.86. The van der Waals surface area contributed by atoms with Crippen LogP contribution in [-0.2, 0) is 9.47 Å². The van der Waals surface area contributed by atoms with E-state index in [9.17, 15) is 4.79 Å². The molecule has 2 aromatic carbocycles. The van der Waals surface area contributed by atoms with E-state index in [2.05, 4.69) is 0 Å². The van der Waals surface area contributed by atoms with Crippen LogP contribution in [0.1, 0.15) is 21.8 Å². The van der Waals surface area contributed by atoms with Crippen LogP contribution in [0.2, 0.25) is 0 Å². The number of ketones is 1. The summed E-state index contributed by atoms with van der Waals surface area (Å²) in [6.07, 6.45) is -0.763. The monoisotopic (exact) mass is 360 g/mol. The third-order valence-electron chi connectivity index (χ3n) is 4.14. The van der Waals surface area contributed by atoms with Crippen molar-refractivity contribution in [3.05, 3.63) is 53.6 Å². The molecule has 0 aromatic heterocycles. The van der Waals surface area contributed by atoms with Crippen molar-refractivity contribution in [3.8, 4) is 17.2 Å². The highest BCUT2D eigenvalue weighted by atomic mass is 16.7. The Balaban J connectivity index is 2.62. The predicted molar refractivity (Wildman–Crippen MR) is 97.4 cm³/mol. The number of carbonyl (C=O) groups excluding carboxylic acids is 1. The molecule has 0 aliphatic carbocycles. The number of hydrogen-bond donors (Lipinski definition) is 0. The van der Waals surface area contributed by atoms with Gasteiger partial charge in [-0.05, 0) is 5.56 Å². The minimum Gasteiger partial charge on any atom is -0.496 e. The van der Waals surface area contributed by atoms with E-state index in [1.54, 1.807) is 12.1 Å². The lowest BCUT2D eigenvalue weighted by Gasteiger charge is -2.25. The Morgan fingerprint density at radius 3 is 1.77 bits per heavy atom. The van der Waals surface area contributed by atoms with E-state index in [-0.39, 0.29) is 5.78 Å². The van der Waals surface area contributed by atoms with Gasteiger partial charge < -0.3 is 23.7 Å². The molecule has 0 N–H and O–H groups in total. The Kier molecular flexibility index (Phi) is 7.00. The number of hydrogen-bond acceptors (Lipinski definition) is 6. The number of Topliss-reactive ketones (excluding diaryl/α,β-unsaturated/α-hetero) is 1. The number of carbonyl (C=O) groups is 1. The first-order valence-corrected chi connectivity index (χ1v) is 8.06. The molecule has 1 atom stereocenters. The maximum Gasteiger partial charge on any atom is 0.182 e. The maximum absolute atomic E-state index is 13.5. The van der Waals surface area contributed by atoms with Gasteiger partial charge in [0.05, 0.1) is 27.2 Å². The molecule has 0 heterocycles. The van der Waals surface area contributed by atoms with Crippen molar-refractivity contribution in [3.63, 3.8) is 0 Å². The quantitative estimate of drug-likeness (QED) is 0.505. The van der Waals surface area contributed by atoms with Crippen LogP contribution in [-0.4, -0.2) is 47.6 Å². The number of methoxy groups -OCH3 is 5. The summed E-state index contributed by atoms with van der Waals surface area (Å²) in [6, 6.07) is 12.6. The molecule has 0 amide bonds. The Morgan fingerprint density at radius 1 is 0.808 bits per heavy atom. The van der Waals surface area contributed by atoms with Crippen LogP contribution in [0.5, 0.6) is 17.2 Å². The third kappa shape index (κ3) is 3.98. The fourth-order valence-electron chi connectivity index (χ4n) is 2.86. The summed E-state index contributed by atoms with van der Waals surface area (Å²) in [5.41, 5.74) is 1.08. The molecule has 1 unspecified atom stereocenters. The standard InChI is InChI=1S/C20H24O6/c1-22-14-11-15(23-2)18(16(12-14)24-3)19(21)17(20(25-4)26-5)13-9-7-6-8-10-13/h6-12,17,20H,1-5H3. The van der Waals surface area contributed by atoms with Crippen molar-refractivity contribution in [2.75, 3.05) is 35.5 Å². The van der Waals surface area contributed by atoms with Gasteiger partial charge in [-0.3, -0.25) is 4.79 Å². The molecule has 0 saturated carbocycles. The second-order valence-corrected chi connectivity index (χ2v) is 5.50. The lowest BCUT2D eigenvalue weighted by Crippen LogP contribution is -2.30. The van der Waals surface area contributed by atoms with E-state index in [0.29, 0.717) is 22.8 Å². The Labute approximate surface area is 153 Å². The molecule has 140 valence electrons. The first-order valence-electron chi connectivity index (χ1n) is 8.06. The summed E-state index contributed by atoms with van der Waals surface area (Å²) >= 11 is 0. The molecule has 0 radical (unpaired) electrons. The van der Waals surface area contributed by atoms with Crippen LogP contribution in [0.15, 0.2) is 42.5 Å². The molecule has 0 bridgehead atoms. The molecule has 6 heteroatoms. The topological polar surface area (TPSA) is 63.2 Å². The van der Waals surface area contributed by atoms with Crippen molar-refractivity contribution in [1.29, 1.82) is 0 Å². The van der Waals surface area contributed by atoms with Gasteiger partial charge in [0, 0.05) is 26.4 Å². The normalized spacial score (nSPS) is 11.9. The van der Waals surface area contributed by atoms with Gasteiger partial charge in [-0.1, -0.05) is 30.3 Å². The summed E-state index contributed by atoms with van der Waals surface area (Å²) in [7, 11) is 7.52. The number of benzene rings is 2. The zero-order chi connectivity index (χ0) is 19.1. The van der Waals surface area contributed by atoms with Gasteiger partial charge in [-0.25, -0.2) is 0 Å². The van der Waals surface area contributed by atoms with Gasteiger partial charge in [0.1, 0.15) is 22.8 Å². The molecule has 2 aromatic rings. The lowest BCUT2D eigenvalue weighted by molar-refractivity contribution is -0.110. The second-order valence-electron chi connectivity index (χ2n) is 5.50. The van der Waals surface area contributed by atoms with Gasteiger partial charge in [0.25, 0.3) is 0 Å². The smallest absolute Gasteiger partial charge is 0.182 e. The van der Waals surface area contributed by atoms with E-state index in [0.717, 1.165) is 5.56 Å². The van der Waals surface area contributed by atoms with Gasteiger partial charge in [-0.2, -0.15) is 0 Å². The van der Waals surface area contributed by atoms with Crippen LogP contribution in [0.3, 0.4) is 0 Å². The van der Waals surface area contributed by atoms with Crippen LogP contribution < -0.4 is 14.2 Å². The van der Waals surface area contributed by atoms with E-state index < -0.39 is 12.2 Å². The van der Waals surface area contributed by atoms with Crippen molar-refractivity contribution < 1.29 is 28.5 Å². The fraction of sp³-hybridized carbons (Fsp3) is 0.350. The Bertz CT molecular complexity index is 699. The number of ether oxygens (including phenoxy) is 5. The van der Waals surface area contributed by atoms with Gasteiger partial charge >= 0.3 is 0 Å². The van der Waals surface area contributed by atoms with E-state index in [1.807, 2.05) is 30.3 Å². The summed E-state index contributed by atoms with van der Waals surface area (Å²) < 4.78 is 26.9. The summed E-state index contributed by atoms with van der Waals surface area (Å²) in [6.45, 7) is 0. The second kappa shape index (κ2) is 9.22. The molecular formula is C20H24O6. The molecule has 0 aliphatic heterocycles. The zero-order valence-corrected chi connectivity index (χ0v) is 15.6. The summed E-state index contributed by atoms with van der Waals surface area (Å²) in [4.78, 5) is 13.5. The summed E-state index contributed by atoms with van der Waals surface area (Å²) in [5, 5.41) is 0. The average molecular weight is 360 g/mol. The molecule has 0 spiro atoms. The highest BCUT2D eigenvalue weighted by molar-refractivity contribution is 6.06. The van der Waals surface area contributed by atoms with E-state index in [4.69, 9.17) is 23.7 Å². The van der Waals surface area contributed by atoms with Gasteiger partial charge in [0.2, 0.25) is 0 Å². The van der Waals surface area contributed by atoms with Gasteiger partial charge in [0.15, 0.2) is 12.1 Å². The van der Waals surface area contributed by atoms with Crippen molar-refractivity contribution in [2.24, 2.45) is 0 Å². The first kappa shape index (κ1) is 19.8. The Morgan fingerprint density at radius 2 is 1.35 bits per heavy atom. The molecular weight excluding hydrogens is 336 g/mol. The third-order valence-corrected chi connectivity index (χ3v) is 4.14. The van der Waals surface area contributed by atoms with Crippen LogP contribution >= 0.6 is 0 Å². The molecule has 0 saturated heterocycles. The number of rotatable bonds is 9. The van der Waals surface area contributed by atoms with Crippen LogP contribution in [0.4, 0.5) is 0 Å². The zero-order valence-electron chi connectivity index (χ0n) is 15.6. The summed E-state index contributed by atoms with van der Waals surface area (Å²) in [5.74, 6) is 0.321. The molecule has 26 heavy (non-hydrogen) atoms. The van der Waals surface area contributed by atoms with E-state index in [1.165, 1.54) is 35.5 Å². The Hall–Kier alpha value is -2.57. The SMILES string of the molecule is COc1cc(OC)c(C(=O)C(c2ccccc2)C(OC)OC)c(OC)c1. The van der Waals surface area contributed by atoms with Gasteiger partial charge in [-0.15, -0.1) is 0 Å². The van der Waals surface area contributed by atoms with Crippen molar-refractivity contribution in [2.45, 2.75) is 12.2 Å². The van der Waals surface area contributed by atoms with E-state index >= 15 is 0 Å². The average Bonchev–Trinajstić information content (AvgIpc) is 2.70. The molecule has 6 nitrogen and oxygen atoms in total. The maximum atomic E-state index is 13.5. The minimum atomic E-state index is -0.763. The largest absolute Gasteiger partial charge is 0.496 e. The van der Waals surface area contributed by atoms with Crippen LogP contribution in [0, 0.1) is 0 Å². The highest BCUT2D eigenvalue weighted by Gasteiger charge is 2.35. The van der Waals surface area contributed by atoms with Crippen molar-refractivity contribution >= 4 is 5.78 Å². The lowest BCUT2D eigenvalue weighted by atomic mass is 9.89. The predicted octanol–water partition coefficient (Wildman–Crippen LogP) is 3.30. The first-order chi connectivity index (χ1) is 12.6. The molecule has 2 rings (SSSR count).